The molecular formula is C21H21N2O2+. The van der Waals surface area contributed by atoms with Crippen molar-refractivity contribution in [2.75, 3.05) is 18.0 Å². The number of rotatable bonds is 1. The molecule has 4 heterocycles. The van der Waals surface area contributed by atoms with E-state index in [0.717, 1.165) is 48.9 Å². The minimum Gasteiger partial charge on any atom is -0.422 e. The second kappa shape index (κ2) is 5.45. The van der Waals surface area contributed by atoms with Gasteiger partial charge in [0.25, 0.3) is 0 Å². The normalized spacial score (nSPS) is 16.1. The topological polar surface area (TPSA) is 37.3 Å². The molecule has 0 spiro atoms. The summed E-state index contributed by atoms with van der Waals surface area (Å²) in [5, 5.41) is 1.06. The van der Waals surface area contributed by atoms with Gasteiger partial charge in [-0.2, -0.15) is 0 Å². The number of benzene rings is 1. The third-order valence-electron chi connectivity index (χ3n) is 5.51. The first-order valence-corrected chi connectivity index (χ1v) is 9.04. The molecule has 0 saturated heterocycles. The number of aromatic nitrogens is 1. The molecule has 2 aromatic heterocycles. The highest BCUT2D eigenvalue weighted by Gasteiger charge is 2.27. The quantitative estimate of drug-likeness (QED) is 0.507. The molecule has 0 fully saturated rings. The Morgan fingerprint density at radius 1 is 1.08 bits per heavy atom. The summed E-state index contributed by atoms with van der Waals surface area (Å²) in [6.45, 7) is 2.24. The van der Waals surface area contributed by atoms with Crippen molar-refractivity contribution in [3.05, 3.63) is 58.2 Å². The molecule has 25 heavy (non-hydrogen) atoms. The number of pyridine rings is 1. The molecule has 0 amide bonds. The van der Waals surface area contributed by atoms with E-state index < -0.39 is 0 Å². The van der Waals surface area contributed by atoms with Gasteiger partial charge >= 0.3 is 5.63 Å². The Bertz CT molecular complexity index is 1030. The van der Waals surface area contributed by atoms with Gasteiger partial charge in [-0.1, -0.05) is 0 Å². The molecule has 4 heteroatoms. The highest BCUT2D eigenvalue weighted by molar-refractivity contribution is 5.90. The van der Waals surface area contributed by atoms with Crippen LogP contribution in [0.1, 0.15) is 24.0 Å². The summed E-state index contributed by atoms with van der Waals surface area (Å²) in [6.07, 6.45) is 8.36. The Hall–Kier alpha value is -2.62. The largest absolute Gasteiger partial charge is 0.422 e. The van der Waals surface area contributed by atoms with Crippen LogP contribution in [0.5, 0.6) is 0 Å². The molecule has 0 N–H and O–H groups in total. The lowest BCUT2D eigenvalue weighted by atomic mass is 9.89. The van der Waals surface area contributed by atoms with Gasteiger partial charge in [-0.3, -0.25) is 0 Å². The summed E-state index contributed by atoms with van der Waals surface area (Å²) in [5.74, 6) is 0. The van der Waals surface area contributed by atoms with Gasteiger partial charge in [0.2, 0.25) is 0 Å². The Morgan fingerprint density at radius 2 is 1.84 bits per heavy atom. The second-order valence-corrected chi connectivity index (χ2v) is 7.18. The zero-order valence-electron chi connectivity index (χ0n) is 14.4. The van der Waals surface area contributed by atoms with Crippen molar-refractivity contribution in [2.24, 2.45) is 7.05 Å². The van der Waals surface area contributed by atoms with E-state index in [-0.39, 0.29) is 5.63 Å². The molecule has 5 rings (SSSR count). The fourth-order valence-corrected chi connectivity index (χ4v) is 4.33. The van der Waals surface area contributed by atoms with Gasteiger partial charge in [-0.15, -0.1) is 0 Å². The van der Waals surface area contributed by atoms with E-state index in [1.165, 1.54) is 23.2 Å². The van der Waals surface area contributed by atoms with Gasteiger partial charge in [0.05, 0.1) is 5.56 Å². The van der Waals surface area contributed by atoms with Crippen LogP contribution in [-0.4, -0.2) is 13.1 Å². The Labute approximate surface area is 146 Å². The molecule has 3 aromatic rings. The van der Waals surface area contributed by atoms with Crippen molar-refractivity contribution in [1.29, 1.82) is 0 Å². The van der Waals surface area contributed by atoms with E-state index >= 15 is 0 Å². The van der Waals surface area contributed by atoms with Gasteiger partial charge in [-0.25, -0.2) is 9.36 Å². The zero-order valence-corrected chi connectivity index (χ0v) is 14.4. The predicted octanol–water partition coefficient (Wildman–Crippen LogP) is 2.98. The molecule has 2 aliphatic heterocycles. The summed E-state index contributed by atoms with van der Waals surface area (Å²) in [7, 11) is 1.97. The maximum atomic E-state index is 12.7. The van der Waals surface area contributed by atoms with Crippen LogP contribution < -0.4 is 15.1 Å². The number of aryl methyl sites for hydroxylation is 3. The Morgan fingerprint density at radius 3 is 2.64 bits per heavy atom. The van der Waals surface area contributed by atoms with Gasteiger partial charge in [0.1, 0.15) is 12.6 Å². The summed E-state index contributed by atoms with van der Waals surface area (Å²) < 4.78 is 7.82. The SMILES string of the molecule is C[n+]1ccc(-c2cc3cc4c5c(c3oc2=O)CCCN5CCC4)cc1. The molecule has 0 atom stereocenters. The minimum atomic E-state index is -0.245. The van der Waals surface area contributed by atoms with Crippen LogP contribution in [-0.2, 0) is 19.9 Å². The molecule has 1 aromatic carbocycles. The highest BCUT2D eigenvalue weighted by Crippen LogP contribution is 2.40. The molecular weight excluding hydrogens is 312 g/mol. The van der Waals surface area contributed by atoms with Crippen molar-refractivity contribution in [1.82, 2.24) is 0 Å². The number of anilines is 1. The van der Waals surface area contributed by atoms with E-state index in [2.05, 4.69) is 11.0 Å². The number of nitrogens with zero attached hydrogens (tertiary/aromatic N) is 2. The fourth-order valence-electron chi connectivity index (χ4n) is 4.33. The average Bonchev–Trinajstić information content (AvgIpc) is 2.63. The van der Waals surface area contributed by atoms with Gasteiger partial charge in [0, 0.05) is 47.4 Å². The molecule has 0 aliphatic carbocycles. The van der Waals surface area contributed by atoms with Crippen LogP contribution in [0.15, 0.2) is 45.9 Å². The molecule has 2 aliphatic rings. The predicted molar refractivity (Wildman–Crippen MR) is 98.0 cm³/mol. The average molecular weight is 333 g/mol. The summed E-state index contributed by atoms with van der Waals surface area (Å²) in [5.41, 5.74) is 6.08. The van der Waals surface area contributed by atoms with Gasteiger partial charge in [-0.05, 0) is 43.4 Å². The van der Waals surface area contributed by atoms with E-state index in [0.29, 0.717) is 5.56 Å². The van der Waals surface area contributed by atoms with Crippen molar-refractivity contribution >= 4 is 16.7 Å². The third kappa shape index (κ3) is 2.28. The van der Waals surface area contributed by atoms with Crippen molar-refractivity contribution < 1.29 is 8.98 Å². The van der Waals surface area contributed by atoms with Gasteiger partial charge < -0.3 is 9.32 Å². The zero-order chi connectivity index (χ0) is 17.0. The van der Waals surface area contributed by atoms with Crippen LogP contribution in [0.25, 0.3) is 22.1 Å². The Balaban J connectivity index is 1.77. The molecule has 0 unspecified atom stereocenters. The minimum absolute atomic E-state index is 0.245. The van der Waals surface area contributed by atoms with Gasteiger partial charge in [0.15, 0.2) is 12.4 Å². The lowest BCUT2D eigenvalue weighted by Gasteiger charge is -2.37. The van der Waals surface area contributed by atoms with E-state index in [9.17, 15) is 4.79 Å². The number of hydrogen-bond donors (Lipinski definition) is 0. The lowest BCUT2D eigenvalue weighted by molar-refractivity contribution is -0.671. The van der Waals surface area contributed by atoms with Crippen LogP contribution in [0, 0.1) is 0 Å². The molecule has 0 saturated carbocycles. The monoisotopic (exact) mass is 333 g/mol. The standard InChI is InChI=1S/C21H21N2O2/c1-22-10-6-14(7-11-22)18-13-16-12-15-4-2-8-23-9-3-5-17(19(15)23)20(16)25-21(18)24/h6-7,10-13H,2-5,8-9H2,1H3/q+1. The molecule has 0 bridgehead atoms. The second-order valence-electron chi connectivity index (χ2n) is 7.18. The summed E-state index contributed by atoms with van der Waals surface area (Å²) >= 11 is 0. The maximum Gasteiger partial charge on any atom is 0.344 e. The van der Waals surface area contributed by atoms with Crippen LogP contribution >= 0.6 is 0 Å². The number of hydrogen-bond acceptors (Lipinski definition) is 3. The lowest BCUT2D eigenvalue weighted by Crippen LogP contribution is -2.34. The van der Waals surface area contributed by atoms with E-state index in [1.807, 2.05) is 42.2 Å². The first-order valence-electron chi connectivity index (χ1n) is 9.04. The van der Waals surface area contributed by atoms with Crippen LogP contribution in [0.2, 0.25) is 0 Å². The van der Waals surface area contributed by atoms with Crippen LogP contribution in [0.3, 0.4) is 0 Å². The highest BCUT2D eigenvalue weighted by atomic mass is 16.4. The summed E-state index contributed by atoms with van der Waals surface area (Å²) in [6, 6.07) is 8.17. The van der Waals surface area contributed by atoms with E-state index in [4.69, 9.17) is 4.42 Å². The van der Waals surface area contributed by atoms with E-state index in [1.54, 1.807) is 0 Å². The first-order chi connectivity index (χ1) is 12.2. The van der Waals surface area contributed by atoms with Crippen molar-refractivity contribution in [3.63, 3.8) is 0 Å². The van der Waals surface area contributed by atoms with Crippen molar-refractivity contribution in [2.45, 2.75) is 25.7 Å². The third-order valence-corrected chi connectivity index (χ3v) is 5.51. The number of fused-ring (bicyclic) bond motifs is 2. The molecule has 0 radical (unpaired) electrons. The first kappa shape index (κ1) is 14.7. The fraction of sp³-hybridized carbons (Fsp3) is 0.333. The Kier molecular flexibility index (Phi) is 3.20. The maximum absolute atomic E-state index is 12.7. The molecule has 126 valence electrons. The molecule has 4 nitrogen and oxygen atoms in total. The summed E-state index contributed by atoms with van der Waals surface area (Å²) in [4.78, 5) is 15.1. The smallest absolute Gasteiger partial charge is 0.344 e. The van der Waals surface area contributed by atoms with Crippen LogP contribution in [0.4, 0.5) is 5.69 Å². The van der Waals surface area contributed by atoms with Crippen molar-refractivity contribution in [3.8, 4) is 11.1 Å².